The van der Waals surface area contributed by atoms with Crippen molar-refractivity contribution in [1.82, 2.24) is 4.98 Å². The summed E-state index contributed by atoms with van der Waals surface area (Å²) in [5.41, 5.74) is 8.23. The Bertz CT molecular complexity index is 871. The molecule has 6 heteroatoms. The Labute approximate surface area is 139 Å². The van der Waals surface area contributed by atoms with Crippen LogP contribution in [0.1, 0.15) is 17.3 Å². The summed E-state index contributed by atoms with van der Waals surface area (Å²) in [7, 11) is 0. The SMILES string of the molecule is CC(O)COc1c(N)cccc1C(=O)Nc1cccc2[nH]ccc12. The summed E-state index contributed by atoms with van der Waals surface area (Å²) >= 11 is 0. The molecule has 6 nitrogen and oxygen atoms in total. The van der Waals surface area contributed by atoms with Crippen LogP contribution in [0, 0.1) is 0 Å². The summed E-state index contributed by atoms with van der Waals surface area (Å²) < 4.78 is 5.52. The standard InChI is InChI=1S/C18H19N3O3/c1-11(22)10-24-17-13(4-2-5-14(17)19)18(23)21-16-7-3-6-15-12(16)8-9-20-15/h2-9,11,20,22H,10,19H2,1H3,(H,21,23). The molecule has 1 unspecified atom stereocenters. The van der Waals surface area contributed by atoms with E-state index in [1.807, 2.05) is 30.5 Å². The molecule has 1 amide bonds. The summed E-state index contributed by atoms with van der Waals surface area (Å²) in [5.74, 6) is -0.0475. The Morgan fingerprint density at radius 2 is 2.08 bits per heavy atom. The van der Waals surface area contributed by atoms with Crippen molar-refractivity contribution in [2.75, 3.05) is 17.7 Å². The van der Waals surface area contributed by atoms with Crippen molar-refractivity contribution in [2.45, 2.75) is 13.0 Å². The number of hydrogen-bond acceptors (Lipinski definition) is 4. The number of aliphatic hydroxyl groups excluding tert-OH is 1. The highest BCUT2D eigenvalue weighted by atomic mass is 16.5. The van der Waals surface area contributed by atoms with Gasteiger partial charge in [-0.1, -0.05) is 12.1 Å². The molecule has 24 heavy (non-hydrogen) atoms. The van der Waals surface area contributed by atoms with Crippen LogP contribution in [0.4, 0.5) is 11.4 Å². The highest BCUT2D eigenvalue weighted by Crippen LogP contribution is 2.29. The van der Waals surface area contributed by atoms with E-state index in [0.717, 1.165) is 10.9 Å². The van der Waals surface area contributed by atoms with Gasteiger partial charge in [0.25, 0.3) is 5.91 Å². The third-order valence-electron chi connectivity index (χ3n) is 3.60. The first kappa shape index (κ1) is 15.9. The highest BCUT2D eigenvalue weighted by Gasteiger charge is 2.17. The van der Waals surface area contributed by atoms with Crippen LogP contribution in [-0.4, -0.2) is 28.7 Å². The van der Waals surface area contributed by atoms with Crippen LogP contribution in [0.3, 0.4) is 0 Å². The van der Waals surface area contributed by atoms with Gasteiger partial charge in [0.1, 0.15) is 6.61 Å². The molecule has 0 radical (unpaired) electrons. The summed E-state index contributed by atoms with van der Waals surface area (Å²) in [4.78, 5) is 15.8. The molecule has 0 bridgehead atoms. The van der Waals surface area contributed by atoms with Crippen LogP contribution in [0.2, 0.25) is 0 Å². The molecule has 0 fully saturated rings. The number of anilines is 2. The maximum absolute atomic E-state index is 12.7. The number of amides is 1. The van der Waals surface area contributed by atoms with E-state index in [4.69, 9.17) is 10.5 Å². The number of fused-ring (bicyclic) bond motifs is 1. The van der Waals surface area contributed by atoms with Crippen LogP contribution in [0.25, 0.3) is 10.9 Å². The van der Waals surface area contributed by atoms with Crippen molar-refractivity contribution in [3.63, 3.8) is 0 Å². The van der Waals surface area contributed by atoms with E-state index in [9.17, 15) is 9.90 Å². The Morgan fingerprint density at radius 1 is 1.29 bits per heavy atom. The third kappa shape index (κ3) is 3.18. The van der Waals surface area contributed by atoms with Crippen LogP contribution < -0.4 is 15.8 Å². The maximum Gasteiger partial charge on any atom is 0.259 e. The first-order chi connectivity index (χ1) is 11.6. The number of carbonyl (C=O) groups excluding carboxylic acids is 1. The smallest absolute Gasteiger partial charge is 0.259 e. The minimum absolute atomic E-state index is 0.0574. The molecule has 124 valence electrons. The molecule has 3 rings (SSSR count). The van der Waals surface area contributed by atoms with E-state index in [0.29, 0.717) is 16.9 Å². The van der Waals surface area contributed by atoms with Crippen LogP contribution in [0.5, 0.6) is 5.75 Å². The fourth-order valence-electron chi connectivity index (χ4n) is 2.48. The molecule has 0 saturated carbocycles. The van der Waals surface area contributed by atoms with Gasteiger partial charge in [-0.3, -0.25) is 4.79 Å². The van der Waals surface area contributed by atoms with Gasteiger partial charge in [0.05, 0.1) is 23.0 Å². The van der Waals surface area contributed by atoms with Crippen molar-refractivity contribution in [2.24, 2.45) is 0 Å². The molecule has 0 saturated heterocycles. The number of nitrogen functional groups attached to an aromatic ring is 1. The van der Waals surface area contributed by atoms with E-state index in [1.165, 1.54) is 0 Å². The van der Waals surface area contributed by atoms with E-state index in [-0.39, 0.29) is 18.3 Å². The maximum atomic E-state index is 12.7. The van der Waals surface area contributed by atoms with E-state index in [2.05, 4.69) is 10.3 Å². The average Bonchev–Trinajstić information content (AvgIpc) is 3.03. The Balaban J connectivity index is 1.90. The molecule has 0 aliphatic rings. The molecule has 1 atom stereocenters. The Kier molecular flexibility index (Phi) is 4.39. The van der Waals surface area contributed by atoms with Gasteiger partial charge in [0.15, 0.2) is 5.75 Å². The lowest BCUT2D eigenvalue weighted by Crippen LogP contribution is -2.18. The minimum Gasteiger partial charge on any atom is -0.488 e. The molecule has 0 aliphatic carbocycles. The molecule has 2 aromatic carbocycles. The van der Waals surface area contributed by atoms with Gasteiger partial charge in [-0.25, -0.2) is 0 Å². The van der Waals surface area contributed by atoms with E-state index in [1.54, 1.807) is 25.1 Å². The quantitative estimate of drug-likeness (QED) is 0.542. The molecule has 1 aromatic heterocycles. The van der Waals surface area contributed by atoms with Crippen molar-refractivity contribution in [3.8, 4) is 5.75 Å². The second-order valence-corrected chi connectivity index (χ2v) is 5.58. The van der Waals surface area contributed by atoms with Gasteiger partial charge in [-0.15, -0.1) is 0 Å². The average molecular weight is 325 g/mol. The molecule has 3 aromatic rings. The summed E-state index contributed by atoms with van der Waals surface area (Å²) in [6.45, 7) is 1.66. The van der Waals surface area contributed by atoms with E-state index >= 15 is 0 Å². The molecule has 0 spiro atoms. The van der Waals surface area contributed by atoms with Crippen molar-refractivity contribution >= 4 is 28.2 Å². The lowest BCUT2D eigenvalue weighted by Gasteiger charge is -2.15. The monoisotopic (exact) mass is 325 g/mol. The Hall–Kier alpha value is -2.99. The van der Waals surface area contributed by atoms with Gasteiger partial charge in [0.2, 0.25) is 0 Å². The first-order valence-electron chi connectivity index (χ1n) is 7.63. The Morgan fingerprint density at radius 3 is 2.88 bits per heavy atom. The normalized spacial score (nSPS) is 12.1. The number of para-hydroxylation sites is 1. The lowest BCUT2D eigenvalue weighted by atomic mass is 10.1. The number of H-pyrrole nitrogens is 1. The van der Waals surface area contributed by atoms with Crippen LogP contribution >= 0.6 is 0 Å². The second kappa shape index (κ2) is 6.64. The van der Waals surface area contributed by atoms with Gasteiger partial charge in [-0.2, -0.15) is 0 Å². The number of benzene rings is 2. The predicted molar refractivity (Wildman–Crippen MR) is 94.3 cm³/mol. The fourth-order valence-corrected chi connectivity index (χ4v) is 2.48. The minimum atomic E-state index is -0.658. The number of hydrogen-bond donors (Lipinski definition) is 4. The zero-order valence-corrected chi connectivity index (χ0v) is 13.2. The number of rotatable bonds is 5. The summed E-state index contributed by atoms with van der Waals surface area (Å²) in [6, 6.07) is 12.5. The number of aliphatic hydroxyl groups is 1. The van der Waals surface area contributed by atoms with Gasteiger partial charge in [0, 0.05) is 17.1 Å². The molecule has 0 aliphatic heterocycles. The largest absolute Gasteiger partial charge is 0.488 e. The molecule has 1 heterocycles. The number of ether oxygens (including phenoxy) is 1. The van der Waals surface area contributed by atoms with Gasteiger partial charge >= 0.3 is 0 Å². The number of nitrogens with one attached hydrogen (secondary N) is 2. The topological polar surface area (TPSA) is 100 Å². The lowest BCUT2D eigenvalue weighted by molar-refractivity contribution is 0.100. The van der Waals surface area contributed by atoms with E-state index < -0.39 is 6.10 Å². The zero-order chi connectivity index (χ0) is 17.1. The first-order valence-corrected chi connectivity index (χ1v) is 7.63. The van der Waals surface area contributed by atoms with Gasteiger partial charge in [-0.05, 0) is 37.3 Å². The van der Waals surface area contributed by atoms with Crippen molar-refractivity contribution < 1.29 is 14.6 Å². The van der Waals surface area contributed by atoms with Gasteiger partial charge < -0.3 is 25.9 Å². The molecular weight excluding hydrogens is 306 g/mol. The predicted octanol–water partition coefficient (Wildman–Crippen LogP) is 2.76. The number of aromatic amines is 1. The molecule has 5 N–H and O–H groups in total. The number of nitrogens with two attached hydrogens (primary N) is 1. The third-order valence-corrected chi connectivity index (χ3v) is 3.60. The van der Waals surface area contributed by atoms with Crippen molar-refractivity contribution in [3.05, 3.63) is 54.2 Å². The van der Waals surface area contributed by atoms with Crippen LogP contribution in [0.15, 0.2) is 48.7 Å². The zero-order valence-electron chi connectivity index (χ0n) is 13.2. The van der Waals surface area contributed by atoms with Crippen LogP contribution in [-0.2, 0) is 0 Å². The number of carbonyl (C=O) groups is 1. The fraction of sp³-hybridized carbons (Fsp3) is 0.167. The summed E-state index contributed by atoms with van der Waals surface area (Å²) in [5, 5.41) is 13.2. The summed E-state index contributed by atoms with van der Waals surface area (Å²) in [6.07, 6.45) is 1.16. The van der Waals surface area contributed by atoms with Crippen molar-refractivity contribution in [1.29, 1.82) is 0 Å². The second-order valence-electron chi connectivity index (χ2n) is 5.58. The molecular formula is C18H19N3O3. The number of aromatic nitrogens is 1. The highest BCUT2D eigenvalue weighted by molar-refractivity contribution is 6.10.